The van der Waals surface area contributed by atoms with Crippen molar-refractivity contribution in [2.75, 3.05) is 13.1 Å². The summed E-state index contributed by atoms with van der Waals surface area (Å²) in [6.45, 7) is 11.0. The zero-order valence-electron chi connectivity index (χ0n) is 13.5. The van der Waals surface area contributed by atoms with Crippen molar-refractivity contribution >= 4 is 5.91 Å². The number of nitrogens with one attached hydrogen (secondary N) is 1. The molecule has 1 aliphatic heterocycles. The van der Waals surface area contributed by atoms with Crippen molar-refractivity contribution in [2.24, 2.45) is 16.7 Å². The third-order valence-electron chi connectivity index (χ3n) is 6.61. The molecule has 0 aromatic rings. The summed E-state index contributed by atoms with van der Waals surface area (Å²) in [6.07, 6.45) is 6.46. The van der Waals surface area contributed by atoms with Gasteiger partial charge in [-0.2, -0.15) is 0 Å². The molecule has 1 heterocycles. The lowest BCUT2D eigenvalue weighted by Gasteiger charge is -2.46. The van der Waals surface area contributed by atoms with Crippen LogP contribution in [-0.2, 0) is 4.79 Å². The van der Waals surface area contributed by atoms with Crippen molar-refractivity contribution in [3.05, 3.63) is 0 Å². The van der Waals surface area contributed by atoms with E-state index in [0.29, 0.717) is 22.9 Å². The van der Waals surface area contributed by atoms with Gasteiger partial charge in [-0.15, -0.1) is 0 Å². The van der Waals surface area contributed by atoms with Crippen LogP contribution in [0.1, 0.15) is 59.8 Å². The number of likely N-dealkylation sites (tertiary alicyclic amines) is 1. The standard InChI is InChI=1S/C17H30N2O/c1-12(20)19-9-6-14(7-10-19)18-15-16(2,3)13-5-8-17(15,4)11-13/h13-15,18H,5-11H2,1-4H3/t13-,15?,17+/m0/s1. The van der Waals surface area contributed by atoms with Crippen LogP contribution in [0.2, 0.25) is 0 Å². The van der Waals surface area contributed by atoms with Gasteiger partial charge in [0.1, 0.15) is 0 Å². The van der Waals surface area contributed by atoms with Crippen LogP contribution in [0.3, 0.4) is 0 Å². The summed E-state index contributed by atoms with van der Waals surface area (Å²) in [4.78, 5) is 13.4. The van der Waals surface area contributed by atoms with E-state index in [1.165, 1.54) is 19.3 Å². The summed E-state index contributed by atoms with van der Waals surface area (Å²) in [6, 6.07) is 1.26. The van der Waals surface area contributed by atoms with Crippen molar-refractivity contribution in [1.82, 2.24) is 10.2 Å². The van der Waals surface area contributed by atoms with Gasteiger partial charge in [-0.05, 0) is 48.9 Å². The van der Waals surface area contributed by atoms with E-state index in [2.05, 4.69) is 26.1 Å². The Morgan fingerprint density at radius 3 is 2.30 bits per heavy atom. The molecule has 2 aliphatic carbocycles. The highest BCUT2D eigenvalue weighted by Crippen LogP contribution is 2.62. The fraction of sp³-hybridized carbons (Fsp3) is 0.941. The van der Waals surface area contributed by atoms with Crippen LogP contribution < -0.4 is 5.32 Å². The first-order chi connectivity index (χ1) is 9.33. The predicted molar refractivity (Wildman–Crippen MR) is 81.4 cm³/mol. The summed E-state index contributed by atoms with van der Waals surface area (Å²) in [7, 11) is 0. The predicted octanol–water partition coefficient (Wildman–Crippen LogP) is 2.80. The van der Waals surface area contributed by atoms with Crippen LogP contribution in [-0.4, -0.2) is 36.0 Å². The zero-order valence-corrected chi connectivity index (χ0v) is 13.5. The third kappa shape index (κ3) is 2.18. The van der Waals surface area contributed by atoms with Crippen LogP contribution in [0.4, 0.5) is 0 Å². The maximum absolute atomic E-state index is 11.4. The molecule has 1 amide bonds. The maximum Gasteiger partial charge on any atom is 0.219 e. The average Bonchev–Trinajstić information content (AvgIpc) is 2.86. The molecule has 0 aromatic heterocycles. The molecule has 0 radical (unpaired) electrons. The number of piperidine rings is 1. The molecule has 0 aromatic carbocycles. The van der Waals surface area contributed by atoms with Crippen LogP contribution in [0.15, 0.2) is 0 Å². The summed E-state index contributed by atoms with van der Waals surface area (Å²) in [5.41, 5.74) is 0.941. The lowest BCUT2D eigenvalue weighted by atomic mass is 9.68. The number of carbonyl (C=O) groups is 1. The van der Waals surface area contributed by atoms with Gasteiger partial charge >= 0.3 is 0 Å². The molecule has 1 unspecified atom stereocenters. The number of hydrogen-bond acceptors (Lipinski definition) is 2. The van der Waals surface area contributed by atoms with Crippen LogP contribution in [0, 0.1) is 16.7 Å². The van der Waals surface area contributed by atoms with Gasteiger partial charge < -0.3 is 10.2 Å². The lowest BCUT2D eigenvalue weighted by Crippen LogP contribution is -2.56. The first-order valence-corrected chi connectivity index (χ1v) is 8.34. The van der Waals surface area contributed by atoms with E-state index in [4.69, 9.17) is 0 Å². The normalized spacial score (nSPS) is 40.3. The number of amides is 1. The monoisotopic (exact) mass is 278 g/mol. The number of rotatable bonds is 2. The van der Waals surface area contributed by atoms with Crippen LogP contribution in [0.25, 0.3) is 0 Å². The second-order valence-corrected chi connectivity index (χ2v) is 8.30. The third-order valence-corrected chi connectivity index (χ3v) is 6.61. The molecule has 0 spiro atoms. The van der Waals surface area contributed by atoms with Gasteiger partial charge in [0.15, 0.2) is 0 Å². The Morgan fingerprint density at radius 2 is 1.80 bits per heavy atom. The molecule has 3 fully saturated rings. The quantitative estimate of drug-likeness (QED) is 0.842. The molecular formula is C17H30N2O. The van der Waals surface area contributed by atoms with Gasteiger partial charge in [0, 0.05) is 32.1 Å². The van der Waals surface area contributed by atoms with E-state index in [-0.39, 0.29) is 5.91 Å². The molecule has 3 rings (SSSR count). The highest BCUT2D eigenvalue weighted by atomic mass is 16.2. The van der Waals surface area contributed by atoms with Crippen molar-refractivity contribution < 1.29 is 4.79 Å². The maximum atomic E-state index is 11.4. The molecule has 2 saturated carbocycles. The second kappa shape index (κ2) is 4.72. The molecule has 3 heteroatoms. The number of carbonyl (C=O) groups excluding carboxylic acids is 1. The van der Waals surface area contributed by atoms with Gasteiger partial charge in [-0.1, -0.05) is 20.8 Å². The number of nitrogens with zero attached hydrogens (tertiary/aromatic N) is 1. The van der Waals surface area contributed by atoms with Gasteiger partial charge in [0.05, 0.1) is 0 Å². The van der Waals surface area contributed by atoms with Gasteiger partial charge in [0.2, 0.25) is 5.91 Å². The highest BCUT2D eigenvalue weighted by molar-refractivity contribution is 5.73. The minimum atomic E-state index is 0.232. The molecule has 2 bridgehead atoms. The fourth-order valence-corrected chi connectivity index (χ4v) is 5.31. The molecule has 3 aliphatic rings. The van der Waals surface area contributed by atoms with Crippen molar-refractivity contribution in [1.29, 1.82) is 0 Å². The van der Waals surface area contributed by atoms with E-state index in [0.717, 1.165) is 31.8 Å². The summed E-state index contributed by atoms with van der Waals surface area (Å²) < 4.78 is 0. The average molecular weight is 278 g/mol. The zero-order chi connectivity index (χ0) is 14.5. The first-order valence-electron chi connectivity index (χ1n) is 8.34. The van der Waals surface area contributed by atoms with E-state index in [1.807, 2.05) is 4.90 Å². The van der Waals surface area contributed by atoms with Gasteiger partial charge in [0.25, 0.3) is 0 Å². The fourth-order valence-electron chi connectivity index (χ4n) is 5.31. The molecular weight excluding hydrogens is 248 g/mol. The Labute approximate surface area is 123 Å². The molecule has 1 saturated heterocycles. The topological polar surface area (TPSA) is 32.3 Å². The lowest BCUT2D eigenvalue weighted by molar-refractivity contribution is -0.130. The number of hydrogen-bond donors (Lipinski definition) is 1. The van der Waals surface area contributed by atoms with Gasteiger partial charge in [-0.25, -0.2) is 0 Å². The Bertz CT molecular complexity index is 393. The largest absolute Gasteiger partial charge is 0.343 e. The molecule has 3 nitrogen and oxygen atoms in total. The highest BCUT2D eigenvalue weighted by Gasteiger charge is 2.59. The summed E-state index contributed by atoms with van der Waals surface area (Å²) in [5, 5.41) is 4.00. The summed E-state index contributed by atoms with van der Waals surface area (Å²) >= 11 is 0. The van der Waals surface area contributed by atoms with E-state index in [9.17, 15) is 4.79 Å². The number of fused-ring (bicyclic) bond motifs is 2. The van der Waals surface area contributed by atoms with E-state index < -0.39 is 0 Å². The Morgan fingerprint density at radius 1 is 1.15 bits per heavy atom. The van der Waals surface area contributed by atoms with Crippen molar-refractivity contribution in [3.8, 4) is 0 Å². The van der Waals surface area contributed by atoms with E-state index >= 15 is 0 Å². The van der Waals surface area contributed by atoms with Crippen molar-refractivity contribution in [3.63, 3.8) is 0 Å². The second-order valence-electron chi connectivity index (χ2n) is 8.30. The Balaban J connectivity index is 1.63. The molecule has 114 valence electrons. The van der Waals surface area contributed by atoms with Crippen LogP contribution >= 0.6 is 0 Å². The molecule has 1 N–H and O–H groups in total. The Hall–Kier alpha value is -0.570. The smallest absolute Gasteiger partial charge is 0.219 e. The SMILES string of the molecule is CC(=O)N1CCC(NC2C(C)(C)[C@H]3CC[C@]2(C)C3)CC1. The summed E-state index contributed by atoms with van der Waals surface area (Å²) in [5.74, 6) is 1.14. The van der Waals surface area contributed by atoms with Crippen LogP contribution in [0.5, 0.6) is 0 Å². The first kappa shape index (κ1) is 14.4. The minimum Gasteiger partial charge on any atom is -0.343 e. The minimum absolute atomic E-state index is 0.232. The molecule has 3 atom stereocenters. The Kier molecular flexibility index (Phi) is 3.39. The van der Waals surface area contributed by atoms with Gasteiger partial charge in [-0.3, -0.25) is 4.79 Å². The van der Waals surface area contributed by atoms with E-state index in [1.54, 1.807) is 6.92 Å². The molecule has 20 heavy (non-hydrogen) atoms. The van der Waals surface area contributed by atoms with Crippen molar-refractivity contribution in [2.45, 2.75) is 71.9 Å².